The molecule has 6 nitrogen and oxygen atoms in total. The monoisotopic (exact) mass is 330 g/mol. The molecular formula is C17H15FN2O4. The maximum atomic E-state index is 13.5. The van der Waals surface area contributed by atoms with Crippen LogP contribution in [0.3, 0.4) is 0 Å². The highest BCUT2D eigenvalue weighted by molar-refractivity contribution is 5.94. The lowest BCUT2D eigenvalue weighted by atomic mass is 10.2. The number of amides is 2. The number of aldehydes is 1. The molecule has 0 aliphatic heterocycles. The zero-order valence-electron chi connectivity index (χ0n) is 12.8. The van der Waals surface area contributed by atoms with Gasteiger partial charge in [0.2, 0.25) is 5.91 Å². The van der Waals surface area contributed by atoms with Gasteiger partial charge in [0.05, 0.1) is 11.3 Å². The fourth-order valence-electron chi connectivity index (χ4n) is 1.94. The van der Waals surface area contributed by atoms with Gasteiger partial charge < -0.3 is 15.4 Å². The van der Waals surface area contributed by atoms with Crippen molar-refractivity contribution >= 4 is 29.5 Å². The highest BCUT2D eigenvalue weighted by atomic mass is 19.1. The summed E-state index contributed by atoms with van der Waals surface area (Å²) < 4.78 is 18.8. The molecule has 0 bridgehead atoms. The first kappa shape index (κ1) is 17.1. The smallest absolute Gasteiger partial charge is 0.262 e. The Labute approximate surface area is 137 Å². The third-order valence-corrected chi connectivity index (χ3v) is 2.97. The Bertz CT molecular complexity index is 777. The lowest BCUT2D eigenvalue weighted by Crippen LogP contribution is -2.20. The second kappa shape index (κ2) is 7.87. The van der Waals surface area contributed by atoms with Gasteiger partial charge in [-0.25, -0.2) is 4.39 Å². The summed E-state index contributed by atoms with van der Waals surface area (Å²) in [4.78, 5) is 33.8. The Morgan fingerprint density at radius 1 is 1.17 bits per heavy atom. The van der Waals surface area contributed by atoms with E-state index in [1.165, 1.54) is 19.1 Å². The normalized spacial score (nSPS) is 9.92. The Morgan fingerprint density at radius 2 is 1.92 bits per heavy atom. The van der Waals surface area contributed by atoms with Gasteiger partial charge in [0.15, 0.2) is 12.9 Å². The molecule has 0 saturated carbocycles. The summed E-state index contributed by atoms with van der Waals surface area (Å²) in [6.45, 7) is 0.931. The van der Waals surface area contributed by atoms with Crippen molar-refractivity contribution in [3.05, 3.63) is 53.8 Å². The van der Waals surface area contributed by atoms with E-state index in [1.54, 1.807) is 24.3 Å². The number of anilines is 2. The van der Waals surface area contributed by atoms with Crippen LogP contribution in [0.15, 0.2) is 42.5 Å². The highest BCUT2D eigenvalue weighted by Crippen LogP contribution is 2.20. The molecule has 0 atom stereocenters. The molecule has 2 aromatic carbocycles. The van der Waals surface area contributed by atoms with Crippen molar-refractivity contribution in [2.75, 3.05) is 17.2 Å². The summed E-state index contributed by atoms with van der Waals surface area (Å²) in [5, 5.41) is 4.84. The summed E-state index contributed by atoms with van der Waals surface area (Å²) in [5.74, 6) is -1.23. The average Bonchev–Trinajstić information content (AvgIpc) is 2.56. The number of rotatable bonds is 6. The second-order valence-corrected chi connectivity index (χ2v) is 4.87. The van der Waals surface area contributed by atoms with Crippen LogP contribution in [-0.2, 0) is 9.59 Å². The van der Waals surface area contributed by atoms with Crippen molar-refractivity contribution in [2.45, 2.75) is 6.92 Å². The van der Waals surface area contributed by atoms with Crippen LogP contribution in [0.2, 0.25) is 0 Å². The SMILES string of the molecule is CC(=O)Nc1cc(NC(=O)COc2ccccc2C=O)ccc1F. The van der Waals surface area contributed by atoms with Crippen molar-refractivity contribution in [1.82, 2.24) is 0 Å². The summed E-state index contributed by atoms with van der Waals surface area (Å²) in [6, 6.07) is 10.3. The molecule has 7 heteroatoms. The van der Waals surface area contributed by atoms with Crippen LogP contribution in [0.1, 0.15) is 17.3 Å². The Balaban J connectivity index is 1.99. The molecule has 124 valence electrons. The number of hydrogen-bond donors (Lipinski definition) is 2. The molecule has 2 N–H and O–H groups in total. The molecule has 24 heavy (non-hydrogen) atoms. The minimum absolute atomic E-state index is 0.0347. The lowest BCUT2D eigenvalue weighted by Gasteiger charge is -2.10. The molecular weight excluding hydrogens is 315 g/mol. The van der Waals surface area contributed by atoms with E-state index in [1.807, 2.05) is 0 Å². The molecule has 0 aliphatic rings. The van der Waals surface area contributed by atoms with Crippen molar-refractivity contribution < 1.29 is 23.5 Å². The van der Waals surface area contributed by atoms with E-state index in [4.69, 9.17) is 4.74 Å². The van der Waals surface area contributed by atoms with Crippen LogP contribution in [0, 0.1) is 5.82 Å². The third-order valence-electron chi connectivity index (χ3n) is 2.97. The molecule has 0 heterocycles. The van der Waals surface area contributed by atoms with E-state index in [-0.39, 0.29) is 12.3 Å². The average molecular weight is 330 g/mol. The summed E-state index contributed by atoms with van der Waals surface area (Å²) in [7, 11) is 0. The van der Waals surface area contributed by atoms with Crippen molar-refractivity contribution in [3.8, 4) is 5.75 Å². The molecule has 2 rings (SSSR count). The number of benzene rings is 2. The standard InChI is InChI=1S/C17H15FN2O4/c1-11(22)19-15-8-13(6-7-14(15)18)20-17(23)10-24-16-5-3-2-4-12(16)9-21/h2-9H,10H2,1H3,(H,19,22)(H,20,23). The van der Waals surface area contributed by atoms with E-state index in [9.17, 15) is 18.8 Å². The van der Waals surface area contributed by atoms with Crippen LogP contribution >= 0.6 is 0 Å². The Morgan fingerprint density at radius 3 is 2.62 bits per heavy atom. The molecule has 0 unspecified atom stereocenters. The van der Waals surface area contributed by atoms with Crippen LogP contribution in [0.4, 0.5) is 15.8 Å². The Hall–Kier alpha value is -3.22. The minimum Gasteiger partial charge on any atom is -0.483 e. The highest BCUT2D eigenvalue weighted by Gasteiger charge is 2.09. The van der Waals surface area contributed by atoms with E-state index in [0.717, 1.165) is 6.07 Å². The third kappa shape index (κ3) is 4.64. The van der Waals surface area contributed by atoms with Gasteiger partial charge in [0.1, 0.15) is 11.6 Å². The van der Waals surface area contributed by atoms with Gasteiger partial charge in [-0.3, -0.25) is 14.4 Å². The van der Waals surface area contributed by atoms with E-state index in [2.05, 4.69) is 10.6 Å². The summed E-state index contributed by atoms with van der Waals surface area (Å²) >= 11 is 0. The number of carbonyl (C=O) groups is 3. The van der Waals surface area contributed by atoms with Crippen molar-refractivity contribution in [1.29, 1.82) is 0 Å². The summed E-state index contributed by atoms with van der Waals surface area (Å²) in [5.41, 5.74) is 0.602. The fraction of sp³-hybridized carbons (Fsp3) is 0.118. The lowest BCUT2D eigenvalue weighted by molar-refractivity contribution is -0.118. The predicted octanol–water partition coefficient (Wildman–Crippen LogP) is 2.61. The molecule has 0 radical (unpaired) electrons. The first-order valence-corrected chi connectivity index (χ1v) is 7.03. The minimum atomic E-state index is -0.612. The van der Waals surface area contributed by atoms with Gasteiger partial charge in [-0.2, -0.15) is 0 Å². The zero-order valence-corrected chi connectivity index (χ0v) is 12.8. The van der Waals surface area contributed by atoms with Gasteiger partial charge in [-0.1, -0.05) is 12.1 Å². The zero-order chi connectivity index (χ0) is 17.5. The maximum Gasteiger partial charge on any atom is 0.262 e. The first-order chi connectivity index (χ1) is 11.5. The topological polar surface area (TPSA) is 84.5 Å². The van der Waals surface area contributed by atoms with Crippen LogP contribution in [0.5, 0.6) is 5.75 Å². The largest absolute Gasteiger partial charge is 0.483 e. The summed E-state index contributed by atoms with van der Waals surface area (Å²) in [6.07, 6.45) is 0.632. The van der Waals surface area contributed by atoms with Gasteiger partial charge in [0, 0.05) is 12.6 Å². The van der Waals surface area contributed by atoms with E-state index in [0.29, 0.717) is 23.3 Å². The predicted molar refractivity (Wildman–Crippen MR) is 86.7 cm³/mol. The maximum absolute atomic E-state index is 13.5. The molecule has 0 fully saturated rings. The van der Waals surface area contributed by atoms with Crippen molar-refractivity contribution in [2.24, 2.45) is 0 Å². The second-order valence-electron chi connectivity index (χ2n) is 4.87. The fourth-order valence-corrected chi connectivity index (χ4v) is 1.94. The van der Waals surface area contributed by atoms with Crippen LogP contribution < -0.4 is 15.4 Å². The number of carbonyl (C=O) groups excluding carboxylic acids is 3. The molecule has 0 spiro atoms. The van der Waals surface area contributed by atoms with E-state index < -0.39 is 17.6 Å². The number of halogens is 1. The van der Waals surface area contributed by atoms with Crippen molar-refractivity contribution in [3.63, 3.8) is 0 Å². The molecule has 0 saturated heterocycles. The van der Waals surface area contributed by atoms with Crippen LogP contribution in [-0.4, -0.2) is 24.7 Å². The van der Waals surface area contributed by atoms with E-state index >= 15 is 0 Å². The first-order valence-electron chi connectivity index (χ1n) is 7.03. The number of hydrogen-bond acceptors (Lipinski definition) is 4. The number of nitrogens with one attached hydrogen (secondary N) is 2. The molecule has 0 aliphatic carbocycles. The van der Waals surface area contributed by atoms with Gasteiger partial charge >= 0.3 is 0 Å². The van der Waals surface area contributed by atoms with Gasteiger partial charge in [0.25, 0.3) is 5.91 Å². The molecule has 2 amide bonds. The van der Waals surface area contributed by atoms with Gasteiger partial charge in [-0.15, -0.1) is 0 Å². The van der Waals surface area contributed by atoms with Crippen LogP contribution in [0.25, 0.3) is 0 Å². The molecule has 2 aromatic rings. The Kier molecular flexibility index (Phi) is 5.62. The quantitative estimate of drug-likeness (QED) is 0.798. The van der Waals surface area contributed by atoms with Gasteiger partial charge in [-0.05, 0) is 30.3 Å². The molecule has 0 aromatic heterocycles. The number of para-hydroxylation sites is 1. The number of ether oxygens (including phenoxy) is 1.